The second-order valence-corrected chi connectivity index (χ2v) is 6.83. The van der Waals surface area contributed by atoms with Crippen LogP contribution in [0.1, 0.15) is 38.1 Å². The number of nitrogens with one attached hydrogen (secondary N) is 1. The Balaban J connectivity index is 2.00. The standard InChI is InChI=1S/C21H24N4O3/c1-5-25-19-17(12-22-25)16(11-18(24-19)15-9-7-6-8-10-15)21(27)28-14(4)20(26)23-13(2)3/h6-14H,5H2,1-4H3,(H,23,26). The van der Waals surface area contributed by atoms with Crippen molar-refractivity contribution in [3.8, 4) is 11.3 Å². The molecule has 0 saturated heterocycles. The monoisotopic (exact) mass is 380 g/mol. The van der Waals surface area contributed by atoms with E-state index in [1.807, 2.05) is 51.1 Å². The molecular weight excluding hydrogens is 356 g/mol. The van der Waals surface area contributed by atoms with Gasteiger partial charge in [-0.05, 0) is 33.8 Å². The van der Waals surface area contributed by atoms with E-state index in [1.54, 1.807) is 23.9 Å². The average molecular weight is 380 g/mol. The maximum absolute atomic E-state index is 12.9. The van der Waals surface area contributed by atoms with Crippen molar-refractivity contribution in [3.63, 3.8) is 0 Å². The molecule has 3 rings (SSSR count). The number of ether oxygens (including phenoxy) is 1. The second-order valence-electron chi connectivity index (χ2n) is 6.83. The quantitative estimate of drug-likeness (QED) is 0.664. The Labute approximate surface area is 163 Å². The summed E-state index contributed by atoms with van der Waals surface area (Å²) >= 11 is 0. The van der Waals surface area contributed by atoms with Crippen molar-refractivity contribution < 1.29 is 14.3 Å². The molecule has 0 radical (unpaired) electrons. The van der Waals surface area contributed by atoms with Gasteiger partial charge >= 0.3 is 5.97 Å². The fourth-order valence-corrected chi connectivity index (χ4v) is 2.88. The van der Waals surface area contributed by atoms with Crippen molar-refractivity contribution in [3.05, 3.63) is 48.2 Å². The Morgan fingerprint density at radius 2 is 1.89 bits per heavy atom. The van der Waals surface area contributed by atoms with Gasteiger partial charge in [-0.25, -0.2) is 14.5 Å². The Morgan fingerprint density at radius 3 is 2.54 bits per heavy atom. The Kier molecular flexibility index (Phi) is 5.73. The fraction of sp³-hybridized carbons (Fsp3) is 0.333. The first-order chi connectivity index (χ1) is 13.4. The predicted molar refractivity (Wildman–Crippen MR) is 107 cm³/mol. The minimum absolute atomic E-state index is 0.0336. The number of aryl methyl sites for hydroxylation is 1. The number of benzene rings is 1. The van der Waals surface area contributed by atoms with Gasteiger partial charge in [0.25, 0.3) is 5.91 Å². The van der Waals surface area contributed by atoms with Crippen LogP contribution in [-0.2, 0) is 16.1 Å². The number of hydrogen-bond donors (Lipinski definition) is 1. The molecule has 1 aromatic carbocycles. The molecule has 0 saturated carbocycles. The molecule has 1 amide bonds. The van der Waals surface area contributed by atoms with Gasteiger partial charge in [0.05, 0.1) is 22.8 Å². The van der Waals surface area contributed by atoms with Crippen LogP contribution in [0.4, 0.5) is 0 Å². The zero-order valence-corrected chi connectivity index (χ0v) is 16.5. The summed E-state index contributed by atoms with van der Waals surface area (Å²) in [5.41, 5.74) is 2.48. The van der Waals surface area contributed by atoms with Crippen molar-refractivity contribution in [1.29, 1.82) is 0 Å². The molecular formula is C21H24N4O3. The van der Waals surface area contributed by atoms with Crippen molar-refractivity contribution in [2.45, 2.75) is 46.4 Å². The molecule has 1 N–H and O–H groups in total. The maximum Gasteiger partial charge on any atom is 0.339 e. The lowest BCUT2D eigenvalue weighted by atomic mass is 10.1. The van der Waals surface area contributed by atoms with Crippen LogP contribution in [0.3, 0.4) is 0 Å². The topological polar surface area (TPSA) is 86.1 Å². The Morgan fingerprint density at radius 1 is 1.18 bits per heavy atom. The summed E-state index contributed by atoms with van der Waals surface area (Å²) < 4.78 is 7.15. The molecule has 2 aromatic heterocycles. The second kappa shape index (κ2) is 8.21. The number of pyridine rings is 1. The summed E-state index contributed by atoms with van der Waals surface area (Å²) in [5, 5.41) is 7.65. The molecule has 0 aliphatic carbocycles. The van der Waals surface area contributed by atoms with Crippen LogP contribution in [0.15, 0.2) is 42.6 Å². The molecule has 0 aliphatic heterocycles. The fourth-order valence-electron chi connectivity index (χ4n) is 2.88. The third-order valence-corrected chi connectivity index (χ3v) is 4.28. The van der Waals surface area contributed by atoms with Crippen LogP contribution < -0.4 is 5.32 Å². The third kappa shape index (κ3) is 4.03. The number of fused-ring (bicyclic) bond motifs is 1. The van der Waals surface area contributed by atoms with E-state index in [1.165, 1.54) is 0 Å². The van der Waals surface area contributed by atoms with Crippen molar-refractivity contribution >= 4 is 22.9 Å². The molecule has 3 aromatic rings. The first-order valence-corrected chi connectivity index (χ1v) is 9.34. The van der Waals surface area contributed by atoms with Crippen molar-refractivity contribution in [2.75, 3.05) is 0 Å². The lowest BCUT2D eigenvalue weighted by Gasteiger charge is -2.16. The zero-order chi connectivity index (χ0) is 20.3. The summed E-state index contributed by atoms with van der Waals surface area (Å²) in [6, 6.07) is 11.2. The number of carbonyl (C=O) groups is 2. The summed E-state index contributed by atoms with van der Waals surface area (Å²) in [4.78, 5) is 29.7. The van der Waals surface area contributed by atoms with E-state index >= 15 is 0 Å². The van der Waals surface area contributed by atoms with Crippen LogP contribution in [0, 0.1) is 0 Å². The zero-order valence-electron chi connectivity index (χ0n) is 16.5. The van der Waals surface area contributed by atoms with E-state index in [4.69, 9.17) is 4.74 Å². The van der Waals surface area contributed by atoms with Gasteiger partial charge in [0, 0.05) is 18.2 Å². The number of aromatic nitrogens is 3. The lowest BCUT2D eigenvalue weighted by Crippen LogP contribution is -2.39. The predicted octanol–water partition coefficient (Wildman–Crippen LogP) is 3.19. The van der Waals surface area contributed by atoms with Gasteiger partial charge in [-0.2, -0.15) is 5.10 Å². The molecule has 2 heterocycles. The molecule has 0 spiro atoms. The smallest absolute Gasteiger partial charge is 0.339 e. The highest BCUT2D eigenvalue weighted by atomic mass is 16.5. The number of nitrogens with zero attached hydrogens (tertiary/aromatic N) is 3. The van der Waals surface area contributed by atoms with Gasteiger partial charge in [-0.1, -0.05) is 30.3 Å². The largest absolute Gasteiger partial charge is 0.449 e. The molecule has 0 fully saturated rings. The summed E-state index contributed by atoms with van der Waals surface area (Å²) in [6.45, 7) is 7.84. The van der Waals surface area contributed by atoms with Gasteiger partial charge in [0.2, 0.25) is 0 Å². The van der Waals surface area contributed by atoms with E-state index in [-0.39, 0.29) is 11.9 Å². The van der Waals surface area contributed by atoms with Crippen LogP contribution >= 0.6 is 0 Å². The number of hydrogen-bond acceptors (Lipinski definition) is 5. The highest BCUT2D eigenvalue weighted by Crippen LogP contribution is 2.25. The number of amides is 1. The molecule has 0 aliphatic rings. The van der Waals surface area contributed by atoms with E-state index in [0.717, 1.165) is 5.56 Å². The minimum atomic E-state index is -0.903. The number of carbonyl (C=O) groups excluding carboxylic acids is 2. The molecule has 1 atom stereocenters. The van der Waals surface area contributed by atoms with Gasteiger partial charge in [0.15, 0.2) is 11.8 Å². The Bertz CT molecular complexity index is 996. The molecule has 146 valence electrons. The molecule has 7 heteroatoms. The first kappa shape index (κ1) is 19.5. The number of rotatable bonds is 6. The summed E-state index contributed by atoms with van der Waals surface area (Å²) in [5.74, 6) is -0.909. The number of esters is 1. The molecule has 0 bridgehead atoms. The third-order valence-electron chi connectivity index (χ3n) is 4.28. The lowest BCUT2D eigenvalue weighted by molar-refractivity contribution is -0.129. The van der Waals surface area contributed by atoms with Gasteiger partial charge in [0.1, 0.15) is 0 Å². The highest BCUT2D eigenvalue weighted by Gasteiger charge is 2.23. The summed E-state index contributed by atoms with van der Waals surface area (Å²) in [7, 11) is 0. The van der Waals surface area contributed by atoms with Crippen molar-refractivity contribution in [2.24, 2.45) is 0 Å². The minimum Gasteiger partial charge on any atom is -0.449 e. The van der Waals surface area contributed by atoms with Crippen LogP contribution in [0.5, 0.6) is 0 Å². The molecule has 7 nitrogen and oxygen atoms in total. The molecule has 28 heavy (non-hydrogen) atoms. The van der Waals surface area contributed by atoms with Crippen LogP contribution in [0.2, 0.25) is 0 Å². The summed E-state index contributed by atoms with van der Waals surface area (Å²) in [6.07, 6.45) is 0.704. The SMILES string of the molecule is CCn1ncc2c(C(=O)OC(C)C(=O)NC(C)C)cc(-c3ccccc3)nc21. The van der Waals surface area contributed by atoms with Crippen molar-refractivity contribution in [1.82, 2.24) is 20.1 Å². The average Bonchev–Trinajstić information content (AvgIpc) is 3.10. The first-order valence-electron chi connectivity index (χ1n) is 9.34. The van der Waals surface area contributed by atoms with Crippen LogP contribution in [-0.4, -0.2) is 38.8 Å². The van der Waals surface area contributed by atoms with Gasteiger partial charge < -0.3 is 10.1 Å². The Hall–Kier alpha value is -3.22. The molecule has 1 unspecified atom stereocenters. The van der Waals surface area contributed by atoms with E-state index in [9.17, 15) is 9.59 Å². The van der Waals surface area contributed by atoms with Crippen LogP contribution in [0.25, 0.3) is 22.3 Å². The van der Waals surface area contributed by atoms with E-state index in [2.05, 4.69) is 15.4 Å². The highest BCUT2D eigenvalue weighted by molar-refractivity contribution is 6.04. The normalized spacial score (nSPS) is 12.2. The van der Waals surface area contributed by atoms with Gasteiger partial charge in [-0.3, -0.25) is 4.79 Å². The van der Waals surface area contributed by atoms with Gasteiger partial charge in [-0.15, -0.1) is 0 Å². The maximum atomic E-state index is 12.9. The van der Waals surface area contributed by atoms with E-state index < -0.39 is 12.1 Å². The van der Waals surface area contributed by atoms with E-state index in [0.29, 0.717) is 28.8 Å².